The number of alkyl halides is 3. The third kappa shape index (κ3) is 5.04. The minimum absolute atomic E-state index is 0.0162. The maximum atomic E-state index is 13.9. The summed E-state index contributed by atoms with van der Waals surface area (Å²) in [5.41, 5.74) is 1.35. The molecule has 0 radical (unpaired) electrons. The average Bonchev–Trinajstić information content (AvgIpc) is 3.26. The van der Waals surface area contributed by atoms with Gasteiger partial charge in [0.2, 0.25) is 0 Å². The second-order valence-corrected chi connectivity index (χ2v) is 8.08. The lowest BCUT2D eigenvalue weighted by molar-refractivity contribution is -0.137. The molecule has 0 aromatic heterocycles. The topological polar surface area (TPSA) is 34.1 Å². The van der Waals surface area contributed by atoms with E-state index in [1.54, 1.807) is 26.4 Å². The van der Waals surface area contributed by atoms with Gasteiger partial charge >= 0.3 is 6.18 Å². The quantitative estimate of drug-likeness (QED) is 0.364. The number of nitrogens with zero attached hydrogens (tertiary/aromatic N) is 2. The van der Waals surface area contributed by atoms with Crippen molar-refractivity contribution >= 4 is 29.1 Å². The van der Waals surface area contributed by atoms with Gasteiger partial charge in [-0.15, -0.1) is 0 Å². The standard InChI is InChI=1S/C26H22ClF3N2O2/c1-33-20-12-7-17(8-13-20)6-11-19-16-24(18-9-14-21(34-2)15-10-18)32(31-19)25-22(26(28,29)30)4-3-5-23(25)27/h3-15,24H,16H2,1-2H3/b11-6-/t24-/m0/s1. The third-order valence-corrected chi connectivity index (χ3v) is 5.84. The van der Waals surface area contributed by atoms with Crippen molar-refractivity contribution in [1.82, 2.24) is 0 Å². The number of hydrogen-bond donors (Lipinski definition) is 0. The third-order valence-electron chi connectivity index (χ3n) is 5.54. The smallest absolute Gasteiger partial charge is 0.418 e. The molecule has 0 saturated carbocycles. The van der Waals surface area contributed by atoms with Crippen LogP contribution in [-0.4, -0.2) is 19.9 Å². The number of benzene rings is 3. The van der Waals surface area contributed by atoms with Crippen LogP contribution in [0.25, 0.3) is 6.08 Å². The van der Waals surface area contributed by atoms with Gasteiger partial charge in [-0.25, -0.2) is 0 Å². The molecular formula is C26H22ClF3N2O2. The zero-order valence-corrected chi connectivity index (χ0v) is 19.3. The van der Waals surface area contributed by atoms with Gasteiger partial charge in [0.05, 0.1) is 42.2 Å². The fraction of sp³-hybridized carbons (Fsp3) is 0.192. The monoisotopic (exact) mass is 486 g/mol. The molecule has 0 bridgehead atoms. The lowest BCUT2D eigenvalue weighted by Crippen LogP contribution is -2.22. The van der Waals surface area contributed by atoms with Crippen LogP contribution in [0.15, 0.2) is 77.9 Å². The van der Waals surface area contributed by atoms with Crippen molar-refractivity contribution in [2.45, 2.75) is 18.6 Å². The Kier molecular flexibility index (Phi) is 6.84. The van der Waals surface area contributed by atoms with E-state index < -0.39 is 17.8 Å². The summed E-state index contributed by atoms with van der Waals surface area (Å²) in [6.07, 6.45) is -0.504. The zero-order valence-electron chi connectivity index (χ0n) is 18.5. The van der Waals surface area contributed by atoms with Crippen molar-refractivity contribution in [2.24, 2.45) is 5.10 Å². The fourth-order valence-electron chi connectivity index (χ4n) is 3.81. The maximum Gasteiger partial charge on any atom is 0.418 e. The molecule has 34 heavy (non-hydrogen) atoms. The second-order valence-electron chi connectivity index (χ2n) is 7.67. The predicted molar refractivity (Wildman–Crippen MR) is 129 cm³/mol. The largest absolute Gasteiger partial charge is 0.497 e. The molecule has 0 aliphatic carbocycles. The van der Waals surface area contributed by atoms with Crippen LogP contribution in [0.2, 0.25) is 5.02 Å². The van der Waals surface area contributed by atoms with E-state index in [-0.39, 0.29) is 10.7 Å². The molecule has 0 spiro atoms. The van der Waals surface area contributed by atoms with E-state index in [4.69, 9.17) is 21.1 Å². The van der Waals surface area contributed by atoms with Gasteiger partial charge in [-0.2, -0.15) is 18.3 Å². The molecule has 1 heterocycles. The van der Waals surface area contributed by atoms with Gasteiger partial charge in [-0.1, -0.05) is 48.0 Å². The number of allylic oxidation sites excluding steroid dienone is 1. The van der Waals surface area contributed by atoms with E-state index in [1.807, 2.05) is 48.6 Å². The predicted octanol–water partition coefficient (Wildman–Crippen LogP) is 7.40. The summed E-state index contributed by atoms with van der Waals surface area (Å²) in [4.78, 5) is 0. The van der Waals surface area contributed by atoms with Crippen LogP contribution in [0.5, 0.6) is 11.5 Å². The number of halogens is 4. The summed E-state index contributed by atoms with van der Waals surface area (Å²) >= 11 is 6.30. The molecule has 0 N–H and O–H groups in total. The Bertz CT molecular complexity index is 1210. The Morgan fingerprint density at radius 1 is 0.912 bits per heavy atom. The number of ether oxygens (including phenoxy) is 2. The lowest BCUT2D eigenvalue weighted by atomic mass is 10.00. The molecule has 3 aromatic rings. The van der Waals surface area contributed by atoms with E-state index in [0.717, 1.165) is 22.9 Å². The molecule has 4 rings (SSSR count). The summed E-state index contributed by atoms with van der Waals surface area (Å²) in [7, 11) is 3.15. The van der Waals surface area contributed by atoms with Gasteiger partial charge in [0.25, 0.3) is 0 Å². The van der Waals surface area contributed by atoms with Crippen LogP contribution in [0.3, 0.4) is 0 Å². The Hall–Kier alpha value is -3.45. The Balaban J connectivity index is 1.74. The van der Waals surface area contributed by atoms with Crippen LogP contribution in [0.1, 0.15) is 29.2 Å². The van der Waals surface area contributed by atoms with Crippen molar-refractivity contribution in [3.8, 4) is 11.5 Å². The summed E-state index contributed by atoms with van der Waals surface area (Å²) in [5, 5.41) is 5.92. The van der Waals surface area contributed by atoms with Crippen molar-refractivity contribution in [3.05, 3.63) is 94.5 Å². The van der Waals surface area contributed by atoms with Crippen molar-refractivity contribution in [3.63, 3.8) is 0 Å². The highest BCUT2D eigenvalue weighted by atomic mass is 35.5. The average molecular weight is 487 g/mol. The molecule has 0 saturated heterocycles. The molecule has 176 valence electrons. The number of hydrazone groups is 1. The Labute approximate surface area is 200 Å². The number of anilines is 1. The van der Waals surface area contributed by atoms with Gasteiger partial charge in [0, 0.05) is 6.42 Å². The van der Waals surface area contributed by atoms with Crippen LogP contribution in [0, 0.1) is 0 Å². The van der Waals surface area contributed by atoms with Crippen LogP contribution < -0.4 is 14.5 Å². The summed E-state index contributed by atoms with van der Waals surface area (Å²) < 4.78 is 52.0. The van der Waals surface area contributed by atoms with Crippen molar-refractivity contribution in [1.29, 1.82) is 0 Å². The van der Waals surface area contributed by atoms with Crippen LogP contribution in [-0.2, 0) is 6.18 Å². The summed E-state index contributed by atoms with van der Waals surface area (Å²) in [5.74, 6) is 1.39. The normalized spacial score (nSPS) is 16.1. The highest BCUT2D eigenvalue weighted by Gasteiger charge is 2.39. The number of para-hydroxylation sites is 1. The highest BCUT2D eigenvalue weighted by Crippen LogP contribution is 2.46. The number of rotatable bonds is 6. The SMILES string of the molecule is COc1ccc(/C=C\C2=NN(c3c(Cl)cccc3C(F)(F)F)[C@H](c3ccc(OC)cc3)C2)cc1. The molecule has 3 aromatic carbocycles. The maximum absolute atomic E-state index is 13.9. The highest BCUT2D eigenvalue weighted by molar-refractivity contribution is 6.33. The van der Waals surface area contributed by atoms with E-state index in [1.165, 1.54) is 17.1 Å². The lowest BCUT2D eigenvalue weighted by Gasteiger charge is -2.27. The van der Waals surface area contributed by atoms with E-state index in [2.05, 4.69) is 5.10 Å². The minimum atomic E-state index is -4.58. The first-order valence-electron chi connectivity index (χ1n) is 10.5. The molecule has 8 heteroatoms. The molecule has 0 unspecified atom stereocenters. The van der Waals surface area contributed by atoms with Crippen molar-refractivity contribution < 1.29 is 22.6 Å². The Morgan fingerprint density at radius 2 is 1.53 bits per heavy atom. The first kappa shape index (κ1) is 23.7. The molecule has 1 atom stereocenters. The van der Waals surface area contributed by atoms with E-state index in [9.17, 15) is 13.2 Å². The number of hydrogen-bond acceptors (Lipinski definition) is 4. The van der Waals surface area contributed by atoms with Gasteiger partial charge < -0.3 is 9.47 Å². The van der Waals surface area contributed by atoms with E-state index >= 15 is 0 Å². The van der Waals surface area contributed by atoms with E-state index in [0.29, 0.717) is 17.9 Å². The molecule has 1 aliphatic heterocycles. The molecule has 1 aliphatic rings. The van der Waals surface area contributed by atoms with Crippen LogP contribution >= 0.6 is 11.6 Å². The number of methoxy groups -OCH3 is 2. The van der Waals surface area contributed by atoms with Gasteiger partial charge in [0.1, 0.15) is 11.5 Å². The Morgan fingerprint density at radius 3 is 2.12 bits per heavy atom. The summed E-state index contributed by atoms with van der Waals surface area (Å²) in [6.45, 7) is 0. The summed E-state index contributed by atoms with van der Waals surface area (Å²) in [6, 6.07) is 17.9. The van der Waals surface area contributed by atoms with Gasteiger partial charge in [-0.3, -0.25) is 5.01 Å². The van der Waals surface area contributed by atoms with Crippen molar-refractivity contribution in [2.75, 3.05) is 19.2 Å². The first-order valence-corrected chi connectivity index (χ1v) is 10.9. The molecular weight excluding hydrogens is 465 g/mol. The minimum Gasteiger partial charge on any atom is -0.497 e. The molecule has 0 fully saturated rings. The molecule has 0 amide bonds. The van der Waals surface area contributed by atoms with Gasteiger partial charge in [-0.05, 0) is 53.6 Å². The first-order chi connectivity index (χ1) is 16.3. The van der Waals surface area contributed by atoms with Gasteiger partial charge in [0.15, 0.2) is 0 Å². The van der Waals surface area contributed by atoms with Crippen LogP contribution in [0.4, 0.5) is 18.9 Å². The fourth-order valence-corrected chi connectivity index (χ4v) is 4.07. The molecule has 4 nitrogen and oxygen atoms in total. The second kappa shape index (κ2) is 9.81. The zero-order chi connectivity index (χ0) is 24.3.